The smallest absolute Gasteiger partial charge is 0.410 e. The van der Waals surface area contributed by atoms with Crippen LogP contribution in [0.25, 0.3) is 0 Å². The molecule has 0 atom stereocenters. The number of piperidine rings is 1. The molecule has 1 fully saturated rings. The summed E-state index contributed by atoms with van der Waals surface area (Å²) in [6.45, 7) is 10.8. The Morgan fingerprint density at radius 3 is 2.19 bits per heavy atom. The summed E-state index contributed by atoms with van der Waals surface area (Å²) in [6.07, 6.45) is 1.26. The number of hydrogen-bond acceptors (Lipinski definition) is 4. The van der Waals surface area contributed by atoms with Gasteiger partial charge in [0.05, 0.1) is 6.54 Å². The van der Waals surface area contributed by atoms with Crippen LogP contribution in [0, 0.1) is 0 Å². The van der Waals surface area contributed by atoms with E-state index in [1.807, 2.05) is 39.5 Å². The van der Waals surface area contributed by atoms with Crippen LogP contribution in [-0.4, -0.2) is 59.1 Å². The lowest BCUT2D eigenvalue weighted by Gasteiger charge is -2.40. The van der Waals surface area contributed by atoms with Crippen molar-refractivity contribution >= 4 is 12.0 Å². The molecule has 0 aliphatic carbocycles. The van der Waals surface area contributed by atoms with E-state index in [2.05, 4.69) is 0 Å². The number of ether oxygens (including phenoxy) is 1. The van der Waals surface area contributed by atoms with E-state index in [0.29, 0.717) is 13.1 Å². The van der Waals surface area contributed by atoms with Crippen LogP contribution in [0.15, 0.2) is 0 Å². The van der Waals surface area contributed by atoms with Gasteiger partial charge in [0, 0.05) is 25.2 Å². The van der Waals surface area contributed by atoms with Gasteiger partial charge < -0.3 is 20.3 Å². The molecule has 0 radical (unpaired) electrons. The van der Waals surface area contributed by atoms with E-state index in [4.69, 9.17) is 10.5 Å². The highest BCUT2D eigenvalue weighted by molar-refractivity contribution is 5.78. The second kappa shape index (κ2) is 7.11. The van der Waals surface area contributed by atoms with Crippen LogP contribution < -0.4 is 5.73 Å². The first kappa shape index (κ1) is 17.8. The first-order valence-corrected chi connectivity index (χ1v) is 7.65. The van der Waals surface area contributed by atoms with Gasteiger partial charge in [-0.3, -0.25) is 4.79 Å². The molecule has 6 nitrogen and oxygen atoms in total. The number of nitrogens with zero attached hydrogens (tertiary/aromatic N) is 2. The van der Waals surface area contributed by atoms with Gasteiger partial charge in [-0.15, -0.1) is 0 Å². The number of amides is 2. The zero-order chi connectivity index (χ0) is 16.2. The van der Waals surface area contributed by atoms with Gasteiger partial charge in [-0.2, -0.15) is 0 Å². The number of carbonyl (C=O) groups is 2. The summed E-state index contributed by atoms with van der Waals surface area (Å²) in [7, 11) is 0. The third kappa shape index (κ3) is 5.19. The van der Waals surface area contributed by atoms with Crippen molar-refractivity contribution in [3.8, 4) is 0 Å². The lowest BCUT2D eigenvalue weighted by Crippen LogP contribution is -2.53. The van der Waals surface area contributed by atoms with E-state index in [0.717, 1.165) is 12.8 Å². The molecule has 0 saturated carbocycles. The van der Waals surface area contributed by atoms with Crippen molar-refractivity contribution in [3.63, 3.8) is 0 Å². The molecular formula is C15H29N3O3. The van der Waals surface area contributed by atoms with Crippen molar-refractivity contribution in [3.05, 3.63) is 0 Å². The number of nitrogens with two attached hydrogens (primary N) is 1. The highest BCUT2D eigenvalue weighted by atomic mass is 16.6. The lowest BCUT2D eigenvalue weighted by molar-refractivity contribution is -0.135. The first-order chi connectivity index (χ1) is 9.65. The molecule has 1 aliphatic rings. The minimum absolute atomic E-state index is 0.0271. The van der Waals surface area contributed by atoms with Crippen LogP contribution in [-0.2, 0) is 9.53 Å². The van der Waals surface area contributed by atoms with E-state index < -0.39 is 5.60 Å². The minimum Gasteiger partial charge on any atom is -0.444 e. The van der Waals surface area contributed by atoms with Crippen molar-refractivity contribution in [1.82, 2.24) is 9.80 Å². The molecule has 21 heavy (non-hydrogen) atoms. The number of rotatable bonds is 3. The molecule has 2 N–H and O–H groups in total. The van der Waals surface area contributed by atoms with E-state index in [1.165, 1.54) is 0 Å². The molecule has 1 saturated heterocycles. The summed E-state index contributed by atoms with van der Waals surface area (Å²) in [5, 5.41) is 0. The Balaban J connectivity index is 2.58. The lowest BCUT2D eigenvalue weighted by atomic mass is 10.0. The van der Waals surface area contributed by atoms with E-state index >= 15 is 0 Å². The van der Waals surface area contributed by atoms with Crippen molar-refractivity contribution < 1.29 is 14.3 Å². The second-order valence-corrected chi connectivity index (χ2v) is 6.80. The molecule has 2 amide bonds. The maximum atomic E-state index is 12.0. The van der Waals surface area contributed by atoms with Gasteiger partial charge in [0.2, 0.25) is 5.91 Å². The Labute approximate surface area is 127 Å². The van der Waals surface area contributed by atoms with Crippen LogP contribution in [0.1, 0.15) is 47.5 Å². The predicted octanol–water partition coefficient (Wildman–Crippen LogP) is 1.58. The third-order valence-corrected chi connectivity index (χ3v) is 3.53. The van der Waals surface area contributed by atoms with E-state index in [-0.39, 0.29) is 30.6 Å². The molecule has 0 bridgehead atoms. The summed E-state index contributed by atoms with van der Waals surface area (Å²) in [5.41, 5.74) is 5.01. The fourth-order valence-corrected chi connectivity index (χ4v) is 2.67. The zero-order valence-corrected chi connectivity index (χ0v) is 13.9. The summed E-state index contributed by atoms with van der Waals surface area (Å²) in [5.74, 6) is -0.0271. The highest BCUT2D eigenvalue weighted by Crippen LogP contribution is 2.21. The Hall–Kier alpha value is -1.30. The van der Waals surface area contributed by atoms with Crippen LogP contribution in [0.2, 0.25) is 0 Å². The second-order valence-electron chi connectivity index (χ2n) is 6.80. The van der Waals surface area contributed by atoms with Gasteiger partial charge in [-0.05, 0) is 47.5 Å². The van der Waals surface area contributed by atoms with Crippen LogP contribution in [0.5, 0.6) is 0 Å². The van der Waals surface area contributed by atoms with Crippen LogP contribution >= 0.6 is 0 Å². The Kier molecular flexibility index (Phi) is 6.01. The van der Waals surface area contributed by atoms with Crippen molar-refractivity contribution in [2.45, 2.75) is 65.1 Å². The van der Waals surface area contributed by atoms with Gasteiger partial charge in [-0.25, -0.2) is 4.79 Å². The largest absolute Gasteiger partial charge is 0.444 e. The maximum absolute atomic E-state index is 12.0. The predicted molar refractivity (Wildman–Crippen MR) is 81.9 cm³/mol. The highest BCUT2D eigenvalue weighted by Gasteiger charge is 2.32. The monoisotopic (exact) mass is 299 g/mol. The topological polar surface area (TPSA) is 75.9 Å². The minimum atomic E-state index is -0.479. The summed E-state index contributed by atoms with van der Waals surface area (Å²) in [4.78, 5) is 27.5. The fourth-order valence-electron chi connectivity index (χ4n) is 2.67. The van der Waals surface area contributed by atoms with Gasteiger partial charge in [0.25, 0.3) is 0 Å². The van der Waals surface area contributed by atoms with E-state index in [9.17, 15) is 9.59 Å². The molecule has 0 spiro atoms. The molecule has 0 unspecified atom stereocenters. The Morgan fingerprint density at radius 2 is 1.81 bits per heavy atom. The maximum Gasteiger partial charge on any atom is 0.410 e. The summed E-state index contributed by atoms with van der Waals surface area (Å²) in [6, 6.07) is 0.277. The van der Waals surface area contributed by atoms with Crippen LogP contribution in [0.3, 0.4) is 0 Å². The molecule has 1 aliphatic heterocycles. The van der Waals surface area contributed by atoms with E-state index in [1.54, 1.807) is 4.90 Å². The molecule has 0 aromatic rings. The number of hydrogen-bond donors (Lipinski definition) is 1. The molecule has 0 aromatic carbocycles. The SMILES string of the molecule is CC(C)N(C(=O)CN)C1CCN(C(=O)OC(C)(C)C)CC1. The third-order valence-electron chi connectivity index (χ3n) is 3.53. The normalized spacial score (nSPS) is 17.0. The van der Waals surface area contributed by atoms with Gasteiger partial charge in [0.1, 0.15) is 5.60 Å². The molecule has 122 valence electrons. The standard InChI is InChI=1S/C15H29N3O3/c1-11(2)18(13(19)10-16)12-6-8-17(9-7-12)14(20)21-15(3,4)5/h11-12H,6-10,16H2,1-5H3. The Morgan fingerprint density at radius 1 is 1.29 bits per heavy atom. The summed E-state index contributed by atoms with van der Waals surface area (Å²) >= 11 is 0. The molecule has 1 heterocycles. The number of carbonyl (C=O) groups excluding carboxylic acids is 2. The average molecular weight is 299 g/mol. The fraction of sp³-hybridized carbons (Fsp3) is 0.867. The van der Waals surface area contributed by atoms with Crippen molar-refractivity contribution in [2.24, 2.45) is 5.73 Å². The quantitative estimate of drug-likeness (QED) is 0.858. The molecular weight excluding hydrogens is 270 g/mol. The van der Waals surface area contributed by atoms with Gasteiger partial charge in [-0.1, -0.05) is 0 Å². The molecule has 6 heteroatoms. The zero-order valence-electron chi connectivity index (χ0n) is 13.9. The average Bonchev–Trinajstić information content (AvgIpc) is 2.37. The Bertz CT molecular complexity index is 369. The van der Waals surface area contributed by atoms with Crippen molar-refractivity contribution in [2.75, 3.05) is 19.6 Å². The van der Waals surface area contributed by atoms with Crippen molar-refractivity contribution in [1.29, 1.82) is 0 Å². The molecule has 1 rings (SSSR count). The van der Waals surface area contributed by atoms with Crippen LogP contribution in [0.4, 0.5) is 4.79 Å². The van der Waals surface area contributed by atoms with Gasteiger partial charge in [0.15, 0.2) is 0 Å². The first-order valence-electron chi connectivity index (χ1n) is 7.65. The number of likely N-dealkylation sites (tertiary alicyclic amines) is 1. The van der Waals surface area contributed by atoms with Gasteiger partial charge >= 0.3 is 6.09 Å². The molecule has 0 aromatic heterocycles. The summed E-state index contributed by atoms with van der Waals surface area (Å²) < 4.78 is 5.38.